The van der Waals surface area contributed by atoms with Crippen molar-refractivity contribution >= 4 is 46.1 Å². The van der Waals surface area contributed by atoms with E-state index in [0.29, 0.717) is 17.4 Å². The number of anilines is 3. The lowest BCUT2D eigenvalue weighted by atomic mass is 10.1. The van der Waals surface area contributed by atoms with Gasteiger partial charge in [0.1, 0.15) is 0 Å². The molecule has 3 N–H and O–H groups in total. The molecule has 2 aromatic heterocycles. The van der Waals surface area contributed by atoms with Gasteiger partial charge in [-0.2, -0.15) is 0 Å². The lowest BCUT2D eigenvalue weighted by molar-refractivity contribution is -0.858. The Balaban J connectivity index is 1.63. The van der Waals surface area contributed by atoms with E-state index in [1.807, 2.05) is 37.5 Å². The van der Waals surface area contributed by atoms with Gasteiger partial charge in [-0.1, -0.05) is 23.8 Å². The maximum atomic E-state index is 6.19. The number of nitrogens with one attached hydrogen (secondary N) is 3. The lowest BCUT2D eigenvalue weighted by Gasteiger charge is -2.13. The van der Waals surface area contributed by atoms with E-state index in [-0.39, 0.29) is 0 Å². The Morgan fingerprint density at radius 1 is 1.19 bits per heavy atom. The quantitative estimate of drug-likeness (QED) is 0.495. The summed E-state index contributed by atoms with van der Waals surface area (Å²) in [5.74, 6) is 0.534. The van der Waals surface area contributed by atoms with E-state index in [0.717, 1.165) is 58.3 Å². The van der Waals surface area contributed by atoms with E-state index in [1.54, 1.807) is 0 Å². The maximum Gasteiger partial charge on any atom is 0.227 e. The highest BCUT2D eigenvalue weighted by molar-refractivity contribution is 7.80. The summed E-state index contributed by atoms with van der Waals surface area (Å²) in [6.45, 7) is 3.11. The Hall–Kier alpha value is -2.61. The number of rotatable bonds is 6. The van der Waals surface area contributed by atoms with Crippen LogP contribution in [0.25, 0.3) is 11.3 Å². The molecular weight excluding hydrogens is 428 g/mol. The van der Waals surface area contributed by atoms with Crippen molar-refractivity contribution in [3.63, 3.8) is 0 Å². The fraction of sp³-hybridized carbons (Fsp3) is 0.304. The van der Waals surface area contributed by atoms with Crippen LogP contribution in [0.1, 0.15) is 23.2 Å². The number of halogens is 1. The van der Waals surface area contributed by atoms with E-state index >= 15 is 0 Å². The first-order valence-electron chi connectivity index (χ1n) is 10.4. The van der Waals surface area contributed by atoms with Gasteiger partial charge in [-0.15, -0.1) is 0 Å². The Morgan fingerprint density at radius 3 is 2.84 bits per heavy atom. The van der Waals surface area contributed by atoms with Crippen LogP contribution in [0.5, 0.6) is 0 Å². The highest BCUT2D eigenvalue weighted by atomic mass is 35.5. The second-order valence-electron chi connectivity index (χ2n) is 8.14. The maximum absolute atomic E-state index is 6.19. The molecule has 1 aromatic carbocycles. The summed E-state index contributed by atoms with van der Waals surface area (Å²) in [6, 6.07) is 7.85. The fourth-order valence-electron chi connectivity index (χ4n) is 3.63. The molecule has 0 spiro atoms. The molecule has 1 aliphatic rings. The standard InChI is InChI=1S/C23H25ClN6S/c1-14-19(9-15(12-25-14)5-4-8-30(2)3)28-23-26-13-16-10-21(31)27-20-11-17(24)6-7-18(20)22(16)29-23/h6-7,9,11-13H,4-5,8,10H2,1-3H3,(H,27,31)(H,26,28,29)/p+1. The molecule has 3 heterocycles. The molecule has 0 radical (unpaired) electrons. The molecule has 0 bridgehead atoms. The van der Waals surface area contributed by atoms with E-state index < -0.39 is 0 Å². The van der Waals surface area contributed by atoms with Gasteiger partial charge < -0.3 is 15.5 Å². The zero-order chi connectivity index (χ0) is 22.0. The predicted molar refractivity (Wildman–Crippen MR) is 131 cm³/mol. The first-order chi connectivity index (χ1) is 14.9. The molecular formula is C23H26ClN6S+. The molecule has 0 amide bonds. The van der Waals surface area contributed by atoms with Gasteiger partial charge in [0.05, 0.1) is 42.7 Å². The van der Waals surface area contributed by atoms with Crippen molar-refractivity contribution in [3.8, 4) is 11.3 Å². The van der Waals surface area contributed by atoms with Crippen LogP contribution in [0.4, 0.5) is 17.3 Å². The number of quaternary nitrogens is 1. The molecule has 4 rings (SSSR count). The molecule has 0 saturated heterocycles. The van der Waals surface area contributed by atoms with Crippen molar-refractivity contribution in [2.75, 3.05) is 31.3 Å². The Morgan fingerprint density at radius 2 is 2.03 bits per heavy atom. The molecule has 6 nitrogen and oxygen atoms in total. The van der Waals surface area contributed by atoms with Crippen molar-refractivity contribution in [1.82, 2.24) is 15.0 Å². The van der Waals surface area contributed by atoms with Gasteiger partial charge >= 0.3 is 0 Å². The van der Waals surface area contributed by atoms with Crippen LogP contribution in [0.2, 0.25) is 5.02 Å². The summed E-state index contributed by atoms with van der Waals surface area (Å²) in [4.78, 5) is 16.1. The largest absolute Gasteiger partial charge is 0.349 e. The SMILES string of the molecule is Cc1ncc(CCC[NH+](C)C)cc1Nc1ncc2c(n1)-c1ccc(Cl)cc1NC(=S)C2. The van der Waals surface area contributed by atoms with Gasteiger partial charge in [-0.25, -0.2) is 9.97 Å². The topological polar surface area (TPSA) is 67.2 Å². The van der Waals surface area contributed by atoms with Crippen LogP contribution < -0.4 is 15.5 Å². The minimum atomic E-state index is 0.534. The minimum absolute atomic E-state index is 0.534. The molecule has 3 aromatic rings. The van der Waals surface area contributed by atoms with E-state index in [4.69, 9.17) is 28.8 Å². The Labute approximate surface area is 193 Å². The molecule has 0 fully saturated rings. The number of thiocarbonyl (C=S) groups is 1. The first kappa shape index (κ1) is 21.6. The van der Waals surface area contributed by atoms with E-state index in [2.05, 4.69) is 40.8 Å². The van der Waals surface area contributed by atoms with Crippen molar-refractivity contribution in [2.24, 2.45) is 0 Å². The average Bonchev–Trinajstić information content (AvgIpc) is 2.84. The zero-order valence-corrected chi connectivity index (χ0v) is 19.5. The third-order valence-corrected chi connectivity index (χ3v) is 5.74. The van der Waals surface area contributed by atoms with Gasteiger partial charge in [0.15, 0.2) is 0 Å². The highest BCUT2D eigenvalue weighted by Crippen LogP contribution is 2.35. The number of fused-ring (bicyclic) bond motifs is 3. The molecule has 31 heavy (non-hydrogen) atoms. The van der Waals surface area contributed by atoms with Crippen LogP contribution in [0.15, 0.2) is 36.7 Å². The normalized spacial score (nSPS) is 12.7. The van der Waals surface area contributed by atoms with Crippen molar-refractivity contribution in [2.45, 2.75) is 26.2 Å². The summed E-state index contributed by atoms with van der Waals surface area (Å²) < 4.78 is 0. The third-order valence-electron chi connectivity index (χ3n) is 5.26. The average molecular weight is 454 g/mol. The number of hydrogen-bond acceptors (Lipinski definition) is 5. The third kappa shape index (κ3) is 5.18. The fourth-order valence-corrected chi connectivity index (χ4v) is 4.07. The number of aryl methyl sites for hydroxylation is 2. The van der Waals surface area contributed by atoms with Crippen LogP contribution in [-0.2, 0) is 12.8 Å². The van der Waals surface area contributed by atoms with Crippen LogP contribution in [-0.4, -0.2) is 40.6 Å². The van der Waals surface area contributed by atoms with Crippen LogP contribution in [0.3, 0.4) is 0 Å². The molecule has 0 unspecified atom stereocenters. The van der Waals surface area contributed by atoms with Gasteiger partial charge in [0.2, 0.25) is 5.95 Å². The van der Waals surface area contributed by atoms with Gasteiger partial charge in [0.25, 0.3) is 0 Å². The molecule has 0 atom stereocenters. The number of hydrogen-bond donors (Lipinski definition) is 3. The summed E-state index contributed by atoms with van der Waals surface area (Å²) in [5.41, 5.74) is 6.71. The van der Waals surface area contributed by atoms with Crippen LogP contribution in [0, 0.1) is 6.92 Å². The Kier molecular flexibility index (Phi) is 6.46. The number of nitrogens with zero attached hydrogens (tertiary/aromatic N) is 3. The van der Waals surface area contributed by atoms with Gasteiger partial charge in [-0.05, 0) is 43.2 Å². The smallest absolute Gasteiger partial charge is 0.227 e. The molecule has 0 aliphatic carbocycles. The second kappa shape index (κ2) is 9.26. The zero-order valence-electron chi connectivity index (χ0n) is 17.9. The summed E-state index contributed by atoms with van der Waals surface area (Å²) >= 11 is 11.7. The Bertz CT molecular complexity index is 1130. The molecule has 1 aliphatic heterocycles. The summed E-state index contributed by atoms with van der Waals surface area (Å²) in [5, 5.41) is 7.29. The van der Waals surface area contributed by atoms with Gasteiger partial charge in [0, 0.05) is 47.1 Å². The monoisotopic (exact) mass is 453 g/mol. The van der Waals surface area contributed by atoms with Crippen molar-refractivity contribution < 1.29 is 4.90 Å². The van der Waals surface area contributed by atoms with Crippen molar-refractivity contribution in [3.05, 3.63) is 58.5 Å². The van der Waals surface area contributed by atoms with Crippen LogP contribution >= 0.6 is 23.8 Å². The van der Waals surface area contributed by atoms with Crippen molar-refractivity contribution in [1.29, 1.82) is 0 Å². The lowest BCUT2D eigenvalue weighted by Crippen LogP contribution is -3.05. The van der Waals surface area contributed by atoms with E-state index in [9.17, 15) is 0 Å². The summed E-state index contributed by atoms with van der Waals surface area (Å²) in [6.07, 6.45) is 6.50. The second-order valence-corrected chi connectivity index (χ2v) is 9.07. The van der Waals surface area contributed by atoms with Gasteiger partial charge in [-0.3, -0.25) is 4.98 Å². The predicted octanol–water partition coefficient (Wildman–Crippen LogP) is 3.62. The number of aromatic nitrogens is 3. The molecule has 160 valence electrons. The number of pyridine rings is 1. The molecule has 8 heteroatoms. The first-order valence-corrected chi connectivity index (χ1v) is 11.1. The summed E-state index contributed by atoms with van der Waals surface area (Å²) in [7, 11) is 4.34. The minimum Gasteiger partial charge on any atom is -0.349 e. The number of benzene rings is 1. The highest BCUT2D eigenvalue weighted by Gasteiger charge is 2.20. The van der Waals surface area contributed by atoms with E-state index in [1.165, 1.54) is 10.5 Å². The molecule has 0 saturated carbocycles.